The van der Waals surface area contributed by atoms with Gasteiger partial charge in [0.25, 0.3) is 5.56 Å². The number of fused-ring (bicyclic) bond motifs is 1. The summed E-state index contributed by atoms with van der Waals surface area (Å²) in [7, 11) is 0. The van der Waals surface area contributed by atoms with Gasteiger partial charge < -0.3 is 9.72 Å². The zero-order chi connectivity index (χ0) is 24.5. The summed E-state index contributed by atoms with van der Waals surface area (Å²) in [5, 5.41) is 14.2. The number of aromatic amines is 1. The molecule has 2 aromatic heterocycles. The SMILES string of the molecule is CCOc1ccc2[nH]c(=O)c(C(c3nnnn3C3CCCC3)N3CCCC4(CCCCC4)C3)cc2c1. The van der Waals surface area contributed by atoms with Crippen LogP contribution in [0.1, 0.15) is 101 Å². The van der Waals surface area contributed by atoms with Gasteiger partial charge in [0.2, 0.25) is 0 Å². The zero-order valence-corrected chi connectivity index (χ0v) is 21.4. The highest BCUT2D eigenvalue weighted by Gasteiger charge is 2.41. The van der Waals surface area contributed by atoms with Gasteiger partial charge in [-0.15, -0.1) is 5.10 Å². The Bertz CT molecular complexity index is 1250. The molecule has 3 aromatic rings. The van der Waals surface area contributed by atoms with Crippen molar-refractivity contribution in [3.8, 4) is 5.75 Å². The number of hydrogen-bond donors (Lipinski definition) is 1. The summed E-state index contributed by atoms with van der Waals surface area (Å²) in [6, 6.07) is 7.97. The second kappa shape index (κ2) is 9.96. The molecule has 1 saturated heterocycles. The number of likely N-dealkylation sites (tertiary alicyclic amines) is 1. The van der Waals surface area contributed by atoms with E-state index in [9.17, 15) is 4.79 Å². The lowest BCUT2D eigenvalue weighted by Crippen LogP contribution is -2.47. The van der Waals surface area contributed by atoms with Crippen LogP contribution in [0.25, 0.3) is 10.9 Å². The van der Waals surface area contributed by atoms with Gasteiger partial charge in [-0.2, -0.15) is 0 Å². The first-order valence-corrected chi connectivity index (χ1v) is 14.0. The summed E-state index contributed by atoms with van der Waals surface area (Å²) >= 11 is 0. The number of piperidine rings is 1. The molecule has 36 heavy (non-hydrogen) atoms. The van der Waals surface area contributed by atoms with Crippen LogP contribution in [-0.2, 0) is 0 Å². The first-order chi connectivity index (χ1) is 17.7. The Kier molecular flexibility index (Phi) is 6.54. The third-order valence-electron chi connectivity index (χ3n) is 8.85. The summed E-state index contributed by atoms with van der Waals surface area (Å²) in [6.07, 6.45) is 13.6. The molecule has 0 bridgehead atoms. The number of nitrogens with one attached hydrogen (secondary N) is 1. The van der Waals surface area contributed by atoms with Gasteiger partial charge in [0.05, 0.1) is 12.6 Å². The van der Waals surface area contributed by atoms with Crippen LogP contribution in [0.5, 0.6) is 5.75 Å². The van der Waals surface area contributed by atoms with Crippen LogP contribution in [0, 0.1) is 5.41 Å². The van der Waals surface area contributed by atoms with Crippen molar-refractivity contribution in [2.24, 2.45) is 5.41 Å². The van der Waals surface area contributed by atoms with E-state index in [1.807, 2.05) is 29.8 Å². The number of hydrogen-bond acceptors (Lipinski definition) is 6. The molecule has 3 heterocycles. The van der Waals surface area contributed by atoms with Crippen molar-refractivity contribution < 1.29 is 4.74 Å². The summed E-state index contributed by atoms with van der Waals surface area (Å²) in [4.78, 5) is 19.3. The summed E-state index contributed by atoms with van der Waals surface area (Å²) in [6.45, 7) is 4.56. The van der Waals surface area contributed by atoms with E-state index in [1.165, 1.54) is 51.4 Å². The third-order valence-corrected chi connectivity index (χ3v) is 8.85. The standard InChI is InChI=1S/C28H38N6O2/c1-2-36-22-11-12-24-20(17-22)18-23(27(35)29-24)25(26-30-31-32-34(26)21-9-4-5-10-21)33-16-8-15-28(19-33)13-6-3-7-14-28/h11-12,17-18,21,25H,2-10,13-16,19H2,1H3,(H,29,35). The Morgan fingerprint density at radius 3 is 2.69 bits per heavy atom. The quantitative estimate of drug-likeness (QED) is 0.513. The molecule has 3 aliphatic rings. The molecule has 8 heteroatoms. The fourth-order valence-electron chi connectivity index (χ4n) is 7.13. The third kappa shape index (κ3) is 4.44. The number of aromatic nitrogens is 5. The van der Waals surface area contributed by atoms with Crippen LogP contribution >= 0.6 is 0 Å². The van der Waals surface area contributed by atoms with Crippen molar-refractivity contribution in [2.45, 2.75) is 89.6 Å². The van der Waals surface area contributed by atoms with E-state index in [0.717, 1.165) is 60.4 Å². The Hall–Kier alpha value is -2.74. The van der Waals surface area contributed by atoms with Gasteiger partial charge in [-0.05, 0) is 92.1 Å². The van der Waals surface area contributed by atoms with Gasteiger partial charge >= 0.3 is 0 Å². The molecule has 1 aromatic carbocycles. The molecule has 0 amide bonds. The maximum atomic E-state index is 13.6. The lowest BCUT2D eigenvalue weighted by atomic mass is 9.69. The first kappa shape index (κ1) is 23.6. The van der Waals surface area contributed by atoms with E-state index < -0.39 is 0 Å². The molecule has 2 saturated carbocycles. The molecule has 192 valence electrons. The number of nitrogens with zero attached hydrogens (tertiary/aromatic N) is 5. The Labute approximate surface area is 212 Å². The second-order valence-corrected chi connectivity index (χ2v) is 11.2. The minimum absolute atomic E-state index is 0.0547. The van der Waals surface area contributed by atoms with Gasteiger partial charge in [0.1, 0.15) is 11.8 Å². The highest BCUT2D eigenvalue weighted by atomic mass is 16.5. The molecule has 1 atom stereocenters. The molecule has 8 nitrogen and oxygen atoms in total. The summed E-state index contributed by atoms with van der Waals surface area (Å²) < 4.78 is 7.80. The lowest BCUT2D eigenvalue weighted by molar-refractivity contribution is 0.0335. The molecule has 1 N–H and O–H groups in total. The number of ether oxygens (including phenoxy) is 1. The number of tetrazole rings is 1. The van der Waals surface area contributed by atoms with Gasteiger partial charge in [-0.25, -0.2) is 4.68 Å². The molecule has 1 aliphatic heterocycles. The van der Waals surface area contributed by atoms with Crippen LogP contribution in [0.2, 0.25) is 0 Å². The zero-order valence-electron chi connectivity index (χ0n) is 21.4. The average Bonchev–Trinajstić information content (AvgIpc) is 3.58. The maximum absolute atomic E-state index is 13.6. The minimum atomic E-state index is -0.261. The predicted molar refractivity (Wildman–Crippen MR) is 139 cm³/mol. The van der Waals surface area contributed by atoms with Crippen LogP contribution in [0.4, 0.5) is 0 Å². The summed E-state index contributed by atoms with van der Waals surface area (Å²) in [5.41, 5.74) is 1.86. The number of pyridine rings is 1. The fourth-order valence-corrected chi connectivity index (χ4v) is 7.13. The largest absolute Gasteiger partial charge is 0.494 e. The molecule has 6 rings (SSSR count). The average molecular weight is 491 g/mol. The van der Waals surface area contributed by atoms with Crippen molar-refractivity contribution in [2.75, 3.05) is 19.7 Å². The smallest absolute Gasteiger partial charge is 0.253 e. The van der Waals surface area contributed by atoms with Gasteiger partial charge in [0.15, 0.2) is 5.82 Å². The van der Waals surface area contributed by atoms with E-state index in [-0.39, 0.29) is 11.6 Å². The van der Waals surface area contributed by atoms with Gasteiger partial charge in [-0.1, -0.05) is 32.1 Å². The van der Waals surface area contributed by atoms with Crippen LogP contribution in [-0.4, -0.2) is 49.8 Å². The second-order valence-electron chi connectivity index (χ2n) is 11.2. The Morgan fingerprint density at radius 1 is 1.08 bits per heavy atom. The first-order valence-electron chi connectivity index (χ1n) is 14.0. The van der Waals surface area contributed by atoms with Crippen molar-refractivity contribution >= 4 is 10.9 Å². The number of H-pyrrole nitrogens is 1. The summed E-state index contributed by atoms with van der Waals surface area (Å²) in [5.74, 6) is 1.63. The van der Waals surface area contributed by atoms with Gasteiger partial charge in [-0.3, -0.25) is 9.69 Å². The van der Waals surface area contributed by atoms with Crippen molar-refractivity contribution in [1.82, 2.24) is 30.1 Å². The highest BCUT2D eigenvalue weighted by Crippen LogP contribution is 2.46. The normalized spacial score (nSPS) is 21.8. The maximum Gasteiger partial charge on any atom is 0.253 e. The number of rotatable bonds is 6. The van der Waals surface area contributed by atoms with Crippen LogP contribution < -0.4 is 10.3 Å². The molecule has 2 aliphatic carbocycles. The van der Waals surface area contributed by atoms with Crippen molar-refractivity contribution in [3.05, 3.63) is 46.0 Å². The molecule has 3 fully saturated rings. The monoisotopic (exact) mass is 490 g/mol. The lowest BCUT2D eigenvalue weighted by Gasteiger charge is -2.47. The van der Waals surface area contributed by atoms with Gasteiger partial charge in [0, 0.05) is 23.0 Å². The highest BCUT2D eigenvalue weighted by molar-refractivity contribution is 5.80. The topological polar surface area (TPSA) is 88.9 Å². The Balaban J connectivity index is 1.46. The molecule has 1 spiro atoms. The van der Waals surface area contributed by atoms with Crippen LogP contribution in [0.15, 0.2) is 29.1 Å². The van der Waals surface area contributed by atoms with Crippen molar-refractivity contribution in [1.29, 1.82) is 0 Å². The minimum Gasteiger partial charge on any atom is -0.494 e. The molecular weight excluding hydrogens is 452 g/mol. The van der Waals surface area contributed by atoms with E-state index in [1.54, 1.807) is 0 Å². The molecular formula is C28H38N6O2. The van der Waals surface area contributed by atoms with E-state index in [2.05, 4.69) is 31.5 Å². The predicted octanol–water partition coefficient (Wildman–Crippen LogP) is 5.16. The van der Waals surface area contributed by atoms with E-state index in [4.69, 9.17) is 4.74 Å². The van der Waals surface area contributed by atoms with E-state index >= 15 is 0 Å². The molecule has 0 radical (unpaired) electrons. The number of benzene rings is 1. The Morgan fingerprint density at radius 2 is 1.89 bits per heavy atom. The van der Waals surface area contributed by atoms with Crippen molar-refractivity contribution in [3.63, 3.8) is 0 Å². The fraction of sp³-hybridized carbons (Fsp3) is 0.643. The van der Waals surface area contributed by atoms with Crippen LogP contribution in [0.3, 0.4) is 0 Å². The van der Waals surface area contributed by atoms with E-state index in [0.29, 0.717) is 18.1 Å². The molecule has 1 unspecified atom stereocenters.